The van der Waals surface area contributed by atoms with Gasteiger partial charge in [0.25, 0.3) is 0 Å². The average molecular weight is 395 g/mol. The molecule has 5 nitrogen and oxygen atoms in total. The Morgan fingerprint density at radius 3 is 2.65 bits per heavy atom. The van der Waals surface area contributed by atoms with Gasteiger partial charge in [0.2, 0.25) is 0 Å². The molecule has 0 aliphatic rings. The van der Waals surface area contributed by atoms with Crippen LogP contribution in [0.5, 0.6) is 0 Å². The minimum atomic E-state index is -0.975. The summed E-state index contributed by atoms with van der Waals surface area (Å²) >= 11 is 3.50. The van der Waals surface area contributed by atoms with Gasteiger partial charge in [0, 0.05) is 15.5 Å². The third-order valence-corrected chi connectivity index (χ3v) is 4.17. The molecule has 0 spiro atoms. The number of halogens is 2. The summed E-state index contributed by atoms with van der Waals surface area (Å²) in [5.41, 5.74) is 2.82. The first-order valence-corrected chi connectivity index (χ1v) is 7.35. The van der Waals surface area contributed by atoms with Crippen molar-refractivity contribution in [1.82, 2.24) is 9.97 Å². The zero-order valence-corrected chi connectivity index (χ0v) is 14.5. The van der Waals surface area contributed by atoms with Crippen LogP contribution in [-0.2, 0) is 0 Å². The van der Waals surface area contributed by atoms with Crippen LogP contribution < -0.4 is 5.32 Å². The molecule has 0 amide bonds. The molecular formula is C16H13BrClN3O2. The number of hydrogen-bond donors (Lipinski definition) is 2. The Balaban J connectivity index is 0.00000192. The number of carbonyl (C=O) groups is 1. The Bertz CT molecular complexity index is 886. The Labute approximate surface area is 147 Å². The molecule has 0 radical (unpaired) electrons. The highest BCUT2D eigenvalue weighted by Gasteiger charge is 2.08. The van der Waals surface area contributed by atoms with Gasteiger partial charge < -0.3 is 10.4 Å². The summed E-state index contributed by atoms with van der Waals surface area (Å²) in [6, 6.07) is 10.7. The third-order valence-electron chi connectivity index (χ3n) is 3.32. The van der Waals surface area contributed by atoms with E-state index in [9.17, 15) is 4.79 Å². The van der Waals surface area contributed by atoms with Gasteiger partial charge in [0.1, 0.15) is 12.1 Å². The van der Waals surface area contributed by atoms with Gasteiger partial charge in [-0.25, -0.2) is 14.8 Å². The fraction of sp³-hybridized carbons (Fsp3) is 0.0625. The number of carboxylic acids is 1. The molecule has 3 aromatic rings. The Morgan fingerprint density at radius 2 is 1.96 bits per heavy atom. The van der Waals surface area contributed by atoms with Crippen molar-refractivity contribution in [3.05, 3.63) is 58.3 Å². The van der Waals surface area contributed by atoms with Crippen LogP contribution in [0.1, 0.15) is 15.9 Å². The van der Waals surface area contributed by atoms with Crippen LogP contribution in [0.4, 0.5) is 11.5 Å². The van der Waals surface area contributed by atoms with Gasteiger partial charge in [-0.15, -0.1) is 12.4 Å². The van der Waals surface area contributed by atoms with Crippen molar-refractivity contribution in [2.24, 2.45) is 0 Å². The molecule has 1 aromatic heterocycles. The van der Waals surface area contributed by atoms with Crippen molar-refractivity contribution in [2.75, 3.05) is 5.32 Å². The van der Waals surface area contributed by atoms with Gasteiger partial charge in [-0.1, -0.05) is 22.0 Å². The van der Waals surface area contributed by atoms with E-state index in [1.165, 1.54) is 12.4 Å². The summed E-state index contributed by atoms with van der Waals surface area (Å²) in [6.07, 6.45) is 1.42. The summed E-state index contributed by atoms with van der Waals surface area (Å²) in [5.74, 6) is -0.338. The fourth-order valence-corrected chi connectivity index (χ4v) is 2.48. The standard InChI is InChI=1S/C16H12BrN3O2.ClH/c1-9-2-4-11(7-13(9)17)20-15-12-5-3-10(16(21)22)6-14(12)18-8-19-15;/h2-8H,1H3,(H,21,22)(H,18,19,20);1H. The second-order valence-electron chi connectivity index (χ2n) is 4.85. The molecule has 0 saturated heterocycles. The molecule has 0 unspecified atom stereocenters. The molecule has 0 aliphatic carbocycles. The molecule has 7 heteroatoms. The van der Waals surface area contributed by atoms with Crippen LogP contribution in [-0.4, -0.2) is 21.0 Å². The molecule has 0 atom stereocenters. The number of aromatic nitrogens is 2. The van der Waals surface area contributed by atoms with E-state index in [4.69, 9.17) is 5.11 Å². The molecule has 118 valence electrons. The first-order valence-electron chi connectivity index (χ1n) is 6.56. The first kappa shape index (κ1) is 17.2. The Hall–Kier alpha value is -2.18. The van der Waals surface area contributed by atoms with Gasteiger partial charge in [-0.2, -0.15) is 0 Å². The number of anilines is 2. The van der Waals surface area contributed by atoms with Crippen molar-refractivity contribution in [1.29, 1.82) is 0 Å². The topological polar surface area (TPSA) is 75.1 Å². The van der Waals surface area contributed by atoms with Crippen LogP contribution in [0.15, 0.2) is 47.2 Å². The smallest absolute Gasteiger partial charge is 0.335 e. The molecule has 2 N–H and O–H groups in total. The van der Waals surface area contributed by atoms with Gasteiger partial charge in [0.05, 0.1) is 11.1 Å². The van der Waals surface area contributed by atoms with Crippen molar-refractivity contribution in [2.45, 2.75) is 6.92 Å². The van der Waals surface area contributed by atoms with E-state index in [0.29, 0.717) is 11.3 Å². The number of nitrogens with zero attached hydrogens (tertiary/aromatic N) is 2. The van der Waals surface area contributed by atoms with Crippen LogP contribution >= 0.6 is 28.3 Å². The Kier molecular flexibility index (Phi) is 5.18. The lowest BCUT2D eigenvalue weighted by atomic mass is 10.1. The molecule has 0 aliphatic heterocycles. The molecule has 23 heavy (non-hydrogen) atoms. The third kappa shape index (κ3) is 3.60. The van der Waals surface area contributed by atoms with Crippen molar-refractivity contribution < 1.29 is 9.90 Å². The second kappa shape index (κ2) is 6.93. The van der Waals surface area contributed by atoms with Crippen LogP contribution in [0.2, 0.25) is 0 Å². The maximum atomic E-state index is 11.0. The highest BCUT2D eigenvalue weighted by Crippen LogP contribution is 2.26. The number of nitrogens with one attached hydrogen (secondary N) is 1. The monoisotopic (exact) mass is 393 g/mol. The van der Waals surface area contributed by atoms with E-state index in [1.54, 1.807) is 12.1 Å². The summed E-state index contributed by atoms with van der Waals surface area (Å²) in [4.78, 5) is 19.4. The van der Waals surface area contributed by atoms with Crippen LogP contribution in [0, 0.1) is 6.92 Å². The number of aryl methyl sites for hydroxylation is 1. The normalized spacial score (nSPS) is 10.2. The largest absolute Gasteiger partial charge is 0.478 e. The SMILES string of the molecule is Cc1ccc(Nc2ncnc3cc(C(=O)O)ccc23)cc1Br.Cl. The highest BCUT2D eigenvalue weighted by atomic mass is 79.9. The summed E-state index contributed by atoms with van der Waals surface area (Å²) in [5, 5.41) is 13.0. The fourth-order valence-electron chi connectivity index (χ4n) is 2.10. The average Bonchev–Trinajstić information content (AvgIpc) is 2.50. The zero-order chi connectivity index (χ0) is 15.7. The van der Waals surface area contributed by atoms with E-state index >= 15 is 0 Å². The number of rotatable bonds is 3. The lowest BCUT2D eigenvalue weighted by molar-refractivity contribution is 0.0697. The van der Waals surface area contributed by atoms with Crippen LogP contribution in [0.3, 0.4) is 0 Å². The summed E-state index contributed by atoms with van der Waals surface area (Å²) in [6.45, 7) is 2.02. The zero-order valence-electron chi connectivity index (χ0n) is 12.1. The number of benzene rings is 2. The maximum absolute atomic E-state index is 11.0. The molecular weight excluding hydrogens is 382 g/mol. The predicted molar refractivity (Wildman–Crippen MR) is 95.9 cm³/mol. The van der Waals surface area contributed by atoms with Crippen LogP contribution in [0.25, 0.3) is 10.9 Å². The minimum Gasteiger partial charge on any atom is -0.478 e. The minimum absolute atomic E-state index is 0. The maximum Gasteiger partial charge on any atom is 0.335 e. The molecule has 0 saturated carbocycles. The number of fused-ring (bicyclic) bond motifs is 1. The van der Waals surface area contributed by atoms with Crippen molar-refractivity contribution in [3.63, 3.8) is 0 Å². The molecule has 3 rings (SSSR count). The highest BCUT2D eigenvalue weighted by molar-refractivity contribution is 9.10. The molecule has 0 bridgehead atoms. The quantitative estimate of drug-likeness (QED) is 0.681. The number of aromatic carboxylic acids is 1. The van der Waals surface area contributed by atoms with E-state index in [1.807, 2.05) is 25.1 Å². The number of hydrogen-bond acceptors (Lipinski definition) is 4. The summed E-state index contributed by atoms with van der Waals surface area (Å²) < 4.78 is 1.00. The van der Waals surface area contributed by atoms with Gasteiger partial charge >= 0.3 is 5.97 Å². The summed E-state index contributed by atoms with van der Waals surface area (Å²) in [7, 11) is 0. The number of carboxylic acid groups (broad SMARTS) is 1. The first-order chi connectivity index (χ1) is 10.5. The predicted octanol–water partition coefficient (Wildman–Crippen LogP) is 4.56. The molecule has 1 heterocycles. The van der Waals surface area contributed by atoms with E-state index in [2.05, 4.69) is 31.2 Å². The Morgan fingerprint density at radius 1 is 1.17 bits per heavy atom. The van der Waals surface area contributed by atoms with Crippen molar-refractivity contribution >= 4 is 56.7 Å². The van der Waals surface area contributed by atoms with Crippen molar-refractivity contribution in [3.8, 4) is 0 Å². The lowest BCUT2D eigenvalue weighted by Gasteiger charge is -2.10. The van der Waals surface area contributed by atoms with E-state index in [0.717, 1.165) is 21.1 Å². The lowest BCUT2D eigenvalue weighted by Crippen LogP contribution is -1.99. The second-order valence-corrected chi connectivity index (χ2v) is 5.70. The molecule has 2 aromatic carbocycles. The van der Waals surface area contributed by atoms with Gasteiger partial charge in [-0.05, 0) is 42.8 Å². The molecule has 0 fully saturated rings. The van der Waals surface area contributed by atoms with E-state index in [-0.39, 0.29) is 18.0 Å². The van der Waals surface area contributed by atoms with Gasteiger partial charge in [0.15, 0.2) is 0 Å². The van der Waals surface area contributed by atoms with Gasteiger partial charge in [-0.3, -0.25) is 0 Å². The van der Waals surface area contributed by atoms with E-state index < -0.39 is 5.97 Å².